The quantitative estimate of drug-likeness (QED) is 0.687. The average molecular weight is 173 g/mol. The molecule has 0 amide bonds. The molecule has 2 aromatic rings. The topological polar surface area (TPSA) is 40.7 Å². The summed E-state index contributed by atoms with van der Waals surface area (Å²) in [5, 5.41) is 11.7. The summed E-state index contributed by atoms with van der Waals surface area (Å²) in [6.07, 6.45) is 3.11. The van der Waals surface area contributed by atoms with Gasteiger partial charge in [0.1, 0.15) is 0 Å². The molecule has 3 nitrogen and oxygen atoms in total. The molecular formula is C10H11N3. The van der Waals surface area contributed by atoms with Crippen LogP contribution in [0.2, 0.25) is 0 Å². The fourth-order valence-corrected chi connectivity index (χ4v) is 1.84. The van der Waals surface area contributed by atoms with Crippen molar-refractivity contribution in [3.05, 3.63) is 30.0 Å². The minimum Gasteiger partial charge on any atom is -0.310 e. The van der Waals surface area contributed by atoms with Gasteiger partial charge < -0.3 is 5.32 Å². The van der Waals surface area contributed by atoms with Gasteiger partial charge in [0.25, 0.3) is 0 Å². The summed E-state index contributed by atoms with van der Waals surface area (Å²) < 4.78 is 0. The van der Waals surface area contributed by atoms with Crippen molar-refractivity contribution >= 4 is 10.9 Å². The lowest BCUT2D eigenvalue weighted by Crippen LogP contribution is -2.35. The average Bonchev–Trinajstić information content (AvgIpc) is 2.49. The third-order valence-corrected chi connectivity index (χ3v) is 2.71. The van der Waals surface area contributed by atoms with E-state index in [1.54, 1.807) is 0 Å². The Kier molecular flexibility index (Phi) is 1.40. The molecule has 0 spiro atoms. The van der Waals surface area contributed by atoms with Crippen LogP contribution >= 0.6 is 0 Å². The highest BCUT2D eigenvalue weighted by Gasteiger charge is 2.20. The van der Waals surface area contributed by atoms with E-state index in [-0.39, 0.29) is 0 Å². The second kappa shape index (κ2) is 2.57. The Balaban J connectivity index is 2.20. The molecule has 1 aliphatic heterocycles. The van der Waals surface area contributed by atoms with Crippen LogP contribution in [0.25, 0.3) is 10.9 Å². The second-order valence-corrected chi connectivity index (χ2v) is 3.48. The van der Waals surface area contributed by atoms with Gasteiger partial charge in [-0.15, -0.1) is 0 Å². The third-order valence-electron chi connectivity index (χ3n) is 2.71. The van der Waals surface area contributed by atoms with Crippen LogP contribution < -0.4 is 5.32 Å². The number of para-hydroxylation sites is 1. The minimum atomic E-state index is 0.532. The Morgan fingerprint density at radius 1 is 1.38 bits per heavy atom. The van der Waals surface area contributed by atoms with Crippen LogP contribution in [0.4, 0.5) is 0 Å². The zero-order valence-electron chi connectivity index (χ0n) is 7.25. The van der Waals surface area contributed by atoms with Crippen molar-refractivity contribution in [3.63, 3.8) is 0 Å². The number of fused-ring (bicyclic) bond motifs is 1. The molecule has 0 aliphatic carbocycles. The lowest BCUT2D eigenvalue weighted by molar-refractivity contribution is 0.385. The van der Waals surface area contributed by atoms with Gasteiger partial charge in [-0.25, -0.2) is 0 Å². The number of hydrogen-bond acceptors (Lipinski definition) is 2. The molecular weight excluding hydrogens is 162 g/mol. The van der Waals surface area contributed by atoms with E-state index >= 15 is 0 Å². The number of rotatable bonds is 1. The molecule has 13 heavy (non-hydrogen) atoms. The first kappa shape index (κ1) is 7.09. The van der Waals surface area contributed by atoms with Crippen LogP contribution in [-0.4, -0.2) is 16.7 Å². The zero-order valence-corrected chi connectivity index (χ0v) is 7.25. The number of hydrogen-bond donors (Lipinski definition) is 2. The van der Waals surface area contributed by atoms with E-state index in [1.807, 2.05) is 6.20 Å². The van der Waals surface area contributed by atoms with Crippen molar-refractivity contribution in [1.82, 2.24) is 15.5 Å². The molecule has 2 N–H and O–H groups in total. The Morgan fingerprint density at radius 2 is 2.31 bits per heavy atom. The normalized spacial score (nSPS) is 21.7. The molecule has 3 rings (SSSR count). The number of benzene rings is 1. The van der Waals surface area contributed by atoms with Crippen LogP contribution in [0.15, 0.2) is 24.4 Å². The first-order valence-electron chi connectivity index (χ1n) is 4.60. The number of aromatic amines is 1. The van der Waals surface area contributed by atoms with Gasteiger partial charge in [0.2, 0.25) is 0 Å². The van der Waals surface area contributed by atoms with E-state index in [2.05, 4.69) is 33.7 Å². The van der Waals surface area contributed by atoms with Gasteiger partial charge in [0, 0.05) is 11.4 Å². The van der Waals surface area contributed by atoms with Crippen molar-refractivity contribution in [3.8, 4) is 0 Å². The van der Waals surface area contributed by atoms with Crippen molar-refractivity contribution in [2.24, 2.45) is 0 Å². The fourth-order valence-electron chi connectivity index (χ4n) is 1.84. The molecule has 0 saturated carbocycles. The molecule has 1 unspecified atom stereocenters. The highest BCUT2D eigenvalue weighted by molar-refractivity contribution is 5.81. The summed E-state index contributed by atoms with van der Waals surface area (Å²) in [6.45, 7) is 1.13. The van der Waals surface area contributed by atoms with Crippen molar-refractivity contribution in [2.45, 2.75) is 12.5 Å². The van der Waals surface area contributed by atoms with Crippen LogP contribution in [0.1, 0.15) is 18.0 Å². The lowest BCUT2D eigenvalue weighted by Gasteiger charge is -2.28. The van der Waals surface area contributed by atoms with E-state index in [0.717, 1.165) is 6.54 Å². The molecule has 1 aromatic heterocycles. The number of aromatic nitrogens is 2. The molecule has 1 saturated heterocycles. The van der Waals surface area contributed by atoms with Gasteiger partial charge >= 0.3 is 0 Å². The maximum Gasteiger partial charge on any atom is 0.0698 e. The SMILES string of the molecule is c1cc(C2CCN2)c2[nH]ncc2c1. The smallest absolute Gasteiger partial charge is 0.0698 e. The molecule has 0 radical (unpaired) electrons. The molecule has 1 fully saturated rings. The Labute approximate surface area is 76.1 Å². The number of nitrogens with one attached hydrogen (secondary N) is 2. The number of H-pyrrole nitrogens is 1. The van der Waals surface area contributed by atoms with Gasteiger partial charge in [-0.1, -0.05) is 18.2 Å². The van der Waals surface area contributed by atoms with Crippen molar-refractivity contribution in [1.29, 1.82) is 0 Å². The summed E-state index contributed by atoms with van der Waals surface area (Å²) in [7, 11) is 0. The molecule has 1 atom stereocenters. The molecule has 1 aliphatic rings. The largest absolute Gasteiger partial charge is 0.310 e. The highest BCUT2D eigenvalue weighted by Crippen LogP contribution is 2.27. The van der Waals surface area contributed by atoms with Gasteiger partial charge in [-0.05, 0) is 18.5 Å². The van der Waals surface area contributed by atoms with Crippen molar-refractivity contribution in [2.75, 3.05) is 6.54 Å². The summed E-state index contributed by atoms with van der Waals surface area (Å²) in [6, 6.07) is 6.87. The monoisotopic (exact) mass is 173 g/mol. The van der Waals surface area contributed by atoms with Crippen LogP contribution in [0.3, 0.4) is 0 Å². The van der Waals surface area contributed by atoms with Gasteiger partial charge in [0.15, 0.2) is 0 Å². The summed E-state index contributed by atoms with van der Waals surface area (Å²) >= 11 is 0. The molecule has 66 valence electrons. The maximum absolute atomic E-state index is 4.05. The highest BCUT2D eigenvalue weighted by atomic mass is 15.1. The predicted octanol–water partition coefficient (Wildman–Crippen LogP) is 1.60. The first-order chi connectivity index (χ1) is 6.45. The minimum absolute atomic E-state index is 0.532. The Bertz CT molecular complexity index is 428. The van der Waals surface area contributed by atoms with Crippen LogP contribution in [-0.2, 0) is 0 Å². The Morgan fingerprint density at radius 3 is 3.08 bits per heavy atom. The fraction of sp³-hybridized carbons (Fsp3) is 0.300. The van der Waals surface area contributed by atoms with Gasteiger partial charge in [-0.2, -0.15) is 5.10 Å². The molecule has 2 heterocycles. The second-order valence-electron chi connectivity index (χ2n) is 3.48. The number of nitrogens with zero attached hydrogens (tertiary/aromatic N) is 1. The summed E-state index contributed by atoms with van der Waals surface area (Å²) in [5.41, 5.74) is 2.53. The van der Waals surface area contributed by atoms with Crippen LogP contribution in [0, 0.1) is 0 Å². The van der Waals surface area contributed by atoms with E-state index in [4.69, 9.17) is 0 Å². The zero-order chi connectivity index (χ0) is 8.67. The van der Waals surface area contributed by atoms with Gasteiger partial charge in [-0.3, -0.25) is 5.10 Å². The Hall–Kier alpha value is -1.35. The lowest BCUT2D eigenvalue weighted by atomic mass is 9.96. The van der Waals surface area contributed by atoms with E-state index in [0.29, 0.717) is 6.04 Å². The van der Waals surface area contributed by atoms with E-state index in [1.165, 1.54) is 22.9 Å². The molecule has 0 bridgehead atoms. The van der Waals surface area contributed by atoms with Crippen LogP contribution in [0.5, 0.6) is 0 Å². The van der Waals surface area contributed by atoms with Crippen molar-refractivity contribution < 1.29 is 0 Å². The van der Waals surface area contributed by atoms with E-state index in [9.17, 15) is 0 Å². The van der Waals surface area contributed by atoms with E-state index < -0.39 is 0 Å². The van der Waals surface area contributed by atoms with Gasteiger partial charge in [0.05, 0.1) is 11.7 Å². The molecule has 3 heteroatoms. The first-order valence-corrected chi connectivity index (χ1v) is 4.60. The summed E-state index contributed by atoms with van der Waals surface area (Å²) in [4.78, 5) is 0. The predicted molar refractivity (Wildman–Crippen MR) is 51.5 cm³/mol. The third kappa shape index (κ3) is 0.971. The standard InChI is InChI=1S/C10H11N3/c1-2-7-6-12-13-10(7)8(3-1)9-4-5-11-9/h1-3,6,9,11H,4-5H2,(H,12,13). The maximum atomic E-state index is 4.05. The summed E-state index contributed by atoms with van der Waals surface area (Å²) in [5.74, 6) is 0. The molecule has 1 aromatic carbocycles.